The van der Waals surface area contributed by atoms with Crippen molar-refractivity contribution in [3.05, 3.63) is 64.1 Å². The molecule has 1 aliphatic heterocycles. The van der Waals surface area contributed by atoms with Crippen LogP contribution in [0.3, 0.4) is 0 Å². The number of fused-ring (bicyclic) bond motifs is 2. The van der Waals surface area contributed by atoms with E-state index in [0.29, 0.717) is 22.9 Å². The van der Waals surface area contributed by atoms with Crippen LogP contribution < -0.4 is 9.62 Å². The number of nitrogens with one attached hydrogen (secondary N) is 1. The lowest BCUT2D eigenvalue weighted by Crippen LogP contribution is -2.51. The number of piperidine rings is 1. The third-order valence-electron chi connectivity index (χ3n) is 6.69. The third-order valence-corrected chi connectivity index (χ3v) is 8.83. The lowest BCUT2D eigenvalue weighted by Gasteiger charge is -2.43. The fourth-order valence-electron chi connectivity index (χ4n) is 5.32. The average Bonchev–Trinajstić information content (AvgIpc) is 3.39. The smallest absolute Gasteiger partial charge is 0.280 e. The van der Waals surface area contributed by atoms with E-state index < -0.39 is 10.0 Å². The van der Waals surface area contributed by atoms with E-state index in [0.717, 1.165) is 25.3 Å². The highest BCUT2D eigenvalue weighted by Crippen LogP contribution is 2.42. The van der Waals surface area contributed by atoms with Crippen molar-refractivity contribution in [1.29, 1.82) is 0 Å². The van der Waals surface area contributed by atoms with E-state index in [1.165, 1.54) is 35.8 Å². The van der Waals surface area contributed by atoms with E-state index in [-0.39, 0.29) is 10.8 Å². The van der Waals surface area contributed by atoms with E-state index in [4.69, 9.17) is 11.6 Å². The lowest BCUT2D eigenvalue weighted by molar-refractivity contribution is 0.138. The van der Waals surface area contributed by atoms with Crippen molar-refractivity contribution in [2.75, 3.05) is 29.8 Å². The molecule has 0 radical (unpaired) electrons. The number of thiazole rings is 1. The molecule has 3 aromatic rings. The van der Waals surface area contributed by atoms with Gasteiger partial charge >= 0.3 is 0 Å². The van der Waals surface area contributed by atoms with Gasteiger partial charge in [0.05, 0.1) is 22.4 Å². The standard InChI is InChI=1S/C23H26ClN5O2S2/c1-28(20-10-25-22(9-19(20)24)33(30,31)27-21-14-32-15-26-21)23-17-7-8-18(23)13-29(12-17)11-16-5-3-2-4-6-16/h2-6,9-10,14-15,17-18,23,27H,7-8,11-13H2,1H3/t17-,18+,23?. The average molecular weight is 504 g/mol. The molecule has 5 rings (SSSR count). The van der Waals surface area contributed by atoms with Crippen LogP contribution in [0.15, 0.2) is 58.5 Å². The second-order valence-corrected chi connectivity index (χ2v) is 11.6. The summed E-state index contributed by atoms with van der Waals surface area (Å²) >= 11 is 7.90. The van der Waals surface area contributed by atoms with Crippen LogP contribution in [0.25, 0.3) is 0 Å². The van der Waals surface area contributed by atoms with Crippen LogP contribution in [-0.2, 0) is 16.6 Å². The van der Waals surface area contributed by atoms with Gasteiger partial charge in [-0.25, -0.2) is 9.97 Å². The second kappa shape index (κ2) is 9.21. The van der Waals surface area contributed by atoms with Gasteiger partial charge in [0.15, 0.2) is 10.8 Å². The summed E-state index contributed by atoms with van der Waals surface area (Å²) in [4.78, 5) is 13.0. The number of nitrogens with zero attached hydrogens (tertiary/aromatic N) is 4. The van der Waals surface area contributed by atoms with Crippen LogP contribution in [-0.4, -0.2) is 49.5 Å². The molecule has 2 aliphatic rings. The molecular weight excluding hydrogens is 478 g/mol. The van der Waals surface area contributed by atoms with Gasteiger partial charge in [0.1, 0.15) is 0 Å². The minimum absolute atomic E-state index is 0.113. The summed E-state index contributed by atoms with van der Waals surface area (Å²) in [7, 11) is -1.80. The summed E-state index contributed by atoms with van der Waals surface area (Å²) in [6, 6.07) is 12.4. The Hall–Kier alpha value is -2.20. The Morgan fingerprint density at radius 3 is 2.55 bits per heavy atom. The zero-order valence-electron chi connectivity index (χ0n) is 18.3. The van der Waals surface area contributed by atoms with Gasteiger partial charge in [-0.2, -0.15) is 8.42 Å². The van der Waals surface area contributed by atoms with Crippen molar-refractivity contribution in [2.24, 2.45) is 11.8 Å². The Bertz CT molecular complexity index is 1190. The lowest BCUT2D eigenvalue weighted by atomic mass is 9.90. The molecule has 2 fully saturated rings. The molecule has 7 nitrogen and oxygen atoms in total. The summed E-state index contributed by atoms with van der Waals surface area (Å²) in [5, 5.41) is 1.90. The Labute approximate surface area is 203 Å². The normalized spacial score (nSPS) is 22.9. The first-order valence-electron chi connectivity index (χ1n) is 11.0. The van der Waals surface area contributed by atoms with Gasteiger partial charge in [-0.05, 0) is 36.3 Å². The number of sulfonamides is 1. The molecule has 3 heterocycles. The Kier molecular flexibility index (Phi) is 6.30. The van der Waals surface area contributed by atoms with Crippen molar-refractivity contribution in [1.82, 2.24) is 14.9 Å². The summed E-state index contributed by atoms with van der Waals surface area (Å²) in [5.74, 6) is 1.37. The predicted molar refractivity (Wildman–Crippen MR) is 132 cm³/mol. The van der Waals surface area contributed by atoms with Gasteiger partial charge in [0.2, 0.25) is 0 Å². The SMILES string of the molecule is CN(c1cnc(S(=O)(=O)Nc2cscn2)cc1Cl)C1[C@@H]2CC[C@H]1CN(Cc1ccccc1)C2. The number of likely N-dealkylation sites (tertiary alicyclic amines) is 1. The van der Waals surface area contributed by atoms with E-state index in [1.807, 2.05) is 7.05 Å². The molecule has 33 heavy (non-hydrogen) atoms. The van der Waals surface area contributed by atoms with Crippen molar-refractivity contribution < 1.29 is 8.42 Å². The summed E-state index contributed by atoms with van der Waals surface area (Å²) in [5.41, 5.74) is 3.68. The molecule has 174 valence electrons. The predicted octanol–water partition coefficient (Wildman–Crippen LogP) is 4.34. The zero-order valence-corrected chi connectivity index (χ0v) is 20.7. The minimum atomic E-state index is -3.85. The van der Waals surface area contributed by atoms with Crippen molar-refractivity contribution >= 4 is 44.5 Å². The molecule has 10 heteroatoms. The highest BCUT2D eigenvalue weighted by molar-refractivity contribution is 7.92. The maximum absolute atomic E-state index is 12.6. The van der Waals surface area contributed by atoms with Gasteiger partial charge in [0, 0.05) is 38.1 Å². The number of benzene rings is 1. The fourth-order valence-corrected chi connectivity index (χ4v) is 7.18. The quantitative estimate of drug-likeness (QED) is 0.516. The molecule has 3 atom stereocenters. The summed E-state index contributed by atoms with van der Waals surface area (Å²) < 4.78 is 27.7. The van der Waals surface area contributed by atoms with Crippen LogP contribution in [0.2, 0.25) is 5.02 Å². The summed E-state index contributed by atoms with van der Waals surface area (Å²) in [6.45, 7) is 3.08. The monoisotopic (exact) mass is 503 g/mol. The largest absolute Gasteiger partial charge is 0.369 e. The number of pyridine rings is 1. The van der Waals surface area contributed by atoms with Crippen LogP contribution in [0, 0.1) is 11.8 Å². The number of rotatable bonds is 7. The van der Waals surface area contributed by atoms with Crippen LogP contribution in [0.4, 0.5) is 11.5 Å². The van der Waals surface area contributed by atoms with Crippen molar-refractivity contribution in [3.63, 3.8) is 0 Å². The molecular formula is C23H26ClN5O2S2. The Balaban J connectivity index is 1.30. The molecule has 2 bridgehead atoms. The number of anilines is 2. The molecule has 1 saturated carbocycles. The Morgan fingerprint density at radius 2 is 1.91 bits per heavy atom. The Morgan fingerprint density at radius 1 is 1.18 bits per heavy atom. The van der Waals surface area contributed by atoms with Crippen LogP contribution >= 0.6 is 22.9 Å². The number of hydrogen-bond donors (Lipinski definition) is 1. The zero-order chi connectivity index (χ0) is 23.0. The first-order chi connectivity index (χ1) is 15.9. The van der Waals surface area contributed by atoms with Crippen LogP contribution in [0.1, 0.15) is 18.4 Å². The number of hydrogen-bond acceptors (Lipinski definition) is 7. The van der Waals surface area contributed by atoms with Gasteiger partial charge in [-0.1, -0.05) is 41.9 Å². The fraction of sp³-hybridized carbons (Fsp3) is 0.391. The number of aromatic nitrogens is 2. The van der Waals surface area contributed by atoms with E-state index >= 15 is 0 Å². The molecule has 1 N–H and O–H groups in total. The second-order valence-electron chi connectivity index (χ2n) is 8.83. The highest BCUT2D eigenvalue weighted by Gasteiger charge is 2.44. The van der Waals surface area contributed by atoms with Gasteiger partial charge in [-0.3, -0.25) is 9.62 Å². The molecule has 0 amide bonds. The maximum Gasteiger partial charge on any atom is 0.280 e. The van der Waals surface area contributed by atoms with E-state index in [2.05, 4.69) is 54.8 Å². The first-order valence-corrected chi connectivity index (χ1v) is 13.8. The minimum Gasteiger partial charge on any atom is -0.369 e. The van der Waals surface area contributed by atoms with E-state index in [1.54, 1.807) is 17.1 Å². The molecule has 2 aromatic heterocycles. The molecule has 1 aliphatic carbocycles. The van der Waals surface area contributed by atoms with Crippen molar-refractivity contribution in [3.8, 4) is 0 Å². The van der Waals surface area contributed by atoms with Crippen LogP contribution in [0.5, 0.6) is 0 Å². The van der Waals surface area contributed by atoms with Crippen molar-refractivity contribution in [2.45, 2.75) is 30.5 Å². The molecule has 0 spiro atoms. The highest BCUT2D eigenvalue weighted by atomic mass is 35.5. The first kappa shape index (κ1) is 22.6. The van der Waals surface area contributed by atoms with Gasteiger partial charge in [0.25, 0.3) is 10.0 Å². The topological polar surface area (TPSA) is 78.4 Å². The molecule has 1 saturated heterocycles. The van der Waals surface area contributed by atoms with Gasteiger partial charge < -0.3 is 4.90 Å². The van der Waals surface area contributed by atoms with Gasteiger partial charge in [-0.15, -0.1) is 11.3 Å². The number of halogens is 1. The molecule has 1 aromatic carbocycles. The molecule has 1 unspecified atom stereocenters. The maximum atomic E-state index is 12.6. The van der Waals surface area contributed by atoms with E-state index in [9.17, 15) is 8.42 Å². The third kappa shape index (κ3) is 4.73. The summed E-state index contributed by atoms with van der Waals surface area (Å²) in [6.07, 6.45) is 3.97.